The number of thiophene rings is 1. The molecule has 4 aliphatic rings. The van der Waals surface area contributed by atoms with Crippen molar-refractivity contribution in [2.24, 2.45) is 5.92 Å². The van der Waals surface area contributed by atoms with Crippen LogP contribution in [0.15, 0.2) is 38.6 Å². The Morgan fingerprint density at radius 1 is 1.00 bits per heavy atom. The highest BCUT2D eigenvalue weighted by Crippen LogP contribution is 2.36. The first kappa shape index (κ1) is 31.8. The lowest BCUT2D eigenvalue weighted by molar-refractivity contribution is -0.140. The Morgan fingerprint density at radius 3 is 2.43 bits per heavy atom. The molecule has 0 radical (unpaired) electrons. The third-order valence-electron chi connectivity index (χ3n) is 9.92. The zero-order valence-corrected chi connectivity index (χ0v) is 28.9. The fourth-order valence-corrected chi connectivity index (χ4v) is 8.85. The molecule has 238 valence electrons. The van der Waals surface area contributed by atoms with E-state index in [1.807, 2.05) is 39.4 Å². The van der Waals surface area contributed by atoms with Gasteiger partial charge < -0.3 is 30.0 Å². The van der Waals surface area contributed by atoms with Gasteiger partial charge in [-0.3, -0.25) is 9.69 Å². The minimum atomic E-state index is -1.01. The molecule has 0 aliphatic carbocycles. The molecule has 2 N–H and O–H groups in total. The molecule has 44 heavy (non-hydrogen) atoms. The molecule has 4 aliphatic heterocycles. The van der Waals surface area contributed by atoms with Crippen molar-refractivity contribution in [1.29, 1.82) is 0 Å². The number of piperidine rings is 2. The number of urea groups is 1. The van der Waals surface area contributed by atoms with Crippen LogP contribution in [-0.4, -0.2) is 119 Å². The number of nitrogens with zero attached hydrogens (tertiary/aromatic N) is 5. The van der Waals surface area contributed by atoms with Crippen LogP contribution in [0.1, 0.15) is 36.1 Å². The van der Waals surface area contributed by atoms with Crippen molar-refractivity contribution < 1.29 is 19.5 Å². The summed E-state index contributed by atoms with van der Waals surface area (Å²) in [5, 5.41) is 15.3. The van der Waals surface area contributed by atoms with E-state index in [0.29, 0.717) is 44.9 Å². The molecule has 2 aromatic rings. The van der Waals surface area contributed by atoms with Gasteiger partial charge in [0.15, 0.2) is 0 Å². The van der Waals surface area contributed by atoms with Crippen molar-refractivity contribution in [2.75, 3.05) is 58.2 Å². The first-order valence-electron chi connectivity index (χ1n) is 15.5. The van der Waals surface area contributed by atoms with E-state index in [0.717, 1.165) is 64.1 Å². The summed E-state index contributed by atoms with van der Waals surface area (Å²) in [7, 11) is 2.16. The maximum Gasteiger partial charge on any atom is 0.407 e. The van der Waals surface area contributed by atoms with Gasteiger partial charge in [0.2, 0.25) is 5.91 Å². The van der Waals surface area contributed by atoms with E-state index in [1.54, 1.807) is 11.3 Å². The number of carbonyl (C=O) groups is 3. The highest BCUT2D eigenvalue weighted by molar-refractivity contribution is 9.13. The smallest absolute Gasteiger partial charge is 0.407 e. The molecule has 3 saturated heterocycles. The molecule has 0 bridgehead atoms. The number of fused-ring (bicyclic) bond motifs is 1. The maximum absolute atomic E-state index is 14.5. The largest absolute Gasteiger partial charge is 0.465 e. The molecule has 2 unspecified atom stereocenters. The van der Waals surface area contributed by atoms with Gasteiger partial charge >= 0.3 is 12.1 Å². The second-order valence-electron chi connectivity index (χ2n) is 12.5. The number of benzene rings is 1. The summed E-state index contributed by atoms with van der Waals surface area (Å²) >= 11 is 8.76. The average molecular weight is 753 g/mol. The lowest BCUT2D eigenvalue weighted by Crippen LogP contribution is -2.59. The van der Waals surface area contributed by atoms with Crippen LogP contribution in [0.5, 0.6) is 0 Å². The van der Waals surface area contributed by atoms with E-state index in [9.17, 15) is 19.5 Å². The van der Waals surface area contributed by atoms with Crippen molar-refractivity contribution in [1.82, 2.24) is 24.5 Å². The number of hydrogen-bond acceptors (Lipinski definition) is 6. The van der Waals surface area contributed by atoms with E-state index < -0.39 is 18.1 Å². The van der Waals surface area contributed by atoms with Gasteiger partial charge in [0.05, 0.1) is 18.2 Å². The number of carboxylic acid groups (broad SMARTS) is 1. The molecule has 1 aromatic carbocycles. The molecule has 3 fully saturated rings. The molecule has 1 aromatic heterocycles. The van der Waals surface area contributed by atoms with E-state index >= 15 is 0 Å². The predicted molar refractivity (Wildman–Crippen MR) is 178 cm³/mol. The van der Waals surface area contributed by atoms with Crippen LogP contribution in [0.3, 0.4) is 0 Å². The van der Waals surface area contributed by atoms with Crippen LogP contribution in [0.25, 0.3) is 0 Å². The summed E-state index contributed by atoms with van der Waals surface area (Å²) in [5.41, 5.74) is 1.82. The Bertz CT molecular complexity index is 1380. The molecule has 5 heterocycles. The van der Waals surface area contributed by atoms with Gasteiger partial charge in [0.25, 0.3) is 0 Å². The van der Waals surface area contributed by atoms with E-state index in [1.165, 1.54) is 4.90 Å². The Hall–Kier alpha value is -2.19. The molecule has 13 heteroatoms. The van der Waals surface area contributed by atoms with E-state index in [2.05, 4.69) is 54.0 Å². The third kappa shape index (κ3) is 6.81. The second-order valence-corrected chi connectivity index (χ2v) is 15.2. The summed E-state index contributed by atoms with van der Waals surface area (Å²) in [4.78, 5) is 51.6. The Kier molecular flexibility index (Phi) is 9.87. The van der Waals surface area contributed by atoms with Gasteiger partial charge in [-0.1, -0.05) is 6.07 Å². The molecular weight excluding hydrogens is 712 g/mol. The van der Waals surface area contributed by atoms with Crippen LogP contribution < -0.4 is 5.32 Å². The van der Waals surface area contributed by atoms with Crippen LogP contribution in [0, 0.1) is 5.92 Å². The lowest BCUT2D eigenvalue weighted by Gasteiger charge is -2.47. The average Bonchev–Trinajstić information content (AvgIpc) is 3.48. The number of halogens is 2. The molecule has 3 atom stereocenters. The van der Waals surface area contributed by atoms with Crippen LogP contribution in [0.2, 0.25) is 0 Å². The minimum absolute atomic E-state index is 0.0152. The monoisotopic (exact) mass is 750 g/mol. The highest BCUT2D eigenvalue weighted by Gasteiger charge is 2.44. The molecule has 6 rings (SSSR count). The van der Waals surface area contributed by atoms with Gasteiger partial charge in [-0.05, 0) is 100 Å². The zero-order valence-electron chi connectivity index (χ0n) is 25.0. The van der Waals surface area contributed by atoms with Crippen molar-refractivity contribution in [3.05, 3.63) is 49.0 Å². The van der Waals surface area contributed by atoms with Crippen molar-refractivity contribution in [3.63, 3.8) is 0 Å². The fourth-order valence-electron chi connectivity index (χ4n) is 7.34. The summed E-state index contributed by atoms with van der Waals surface area (Å²) in [6, 6.07) is 7.48. The number of nitrogens with one attached hydrogen (secondary N) is 1. The maximum atomic E-state index is 14.5. The fraction of sp³-hybridized carbons (Fsp3) is 0.581. The van der Waals surface area contributed by atoms with Gasteiger partial charge in [-0.25, -0.2) is 9.59 Å². The number of carbonyl (C=O) groups excluding carboxylic acids is 2. The molecule has 10 nitrogen and oxygen atoms in total. The molecule has 0 saturated carbocycles. The summed E-state index contributed by atoms with van der Waals surface area (Å²) < 4.78 is 1.81. The number of likely N-dealkylation sites (tertiary alicyclic amines) is 2. The first-order valence-corrected chi connectivity index (χ1v) is 17.9. The zero-order chi connectivity index (χ0) is 31.0. The molecular formula is C31H40Br2N6O4S. The Balaban J connectivity index is 1.24. The van der Waals surface area contributed by atoms with Crippen molar-refractivity contribution in [3.8, 4) is 0 Å². The number of likely N-dealkylation sites (N-methyl/N-ethyl adjacent to an activating group) is 1. The van der Waals surface area contributed by atoms with Crippen molar-refractivity contribution >= 4 is 66.9 Å². The van der Waals surface area contributed by atoms with Gasteiger partial charge in [-0.15, -0.1) is 11.3 Å². The van der Waals surface area contributed by atoms with Gasteiger partial charge in [0.1, 0.15) is 0 Å². The quantitative estimate of drug-likeness (QED) is 0.420. The predicted octanol–water partition coefficient (Wildman–Crippen LogP) is 5.23. The Morgan fingerprint density at radius 2 is 1.73 bits per heavy atom. The SMILES string of the molecule is CN1CCN(C2CCN(C(=O)C(Cc3ccc(Br)c(Br)c3)[C@H]3CC(N4Cc5sccc5NC4=O)CCN3C(=O)O)CC2)CC1. The standard InChI is InChI=1S/C31H40Br2N6O4S/c1-35-11-13-36(14-12-35)21-4-8-37(9-5-21)29(40)23(16-20-2-3-24(32)25(33)17-20)27-18-22(6-10-38(27)31(42)43)39-19-28-26(7-15-44-28)34-30(39)41/h2-3,7,15,17,21-23,27H,4-6,8-14,16,18-19H2,1H3,(H,34,41)(H,42,43)/t22?,23?,27-/m1/s1. The van der Waals surface area contributed by atoms with Crippen molar-refractivity contribution in [2.45, 2.75) is 56.8 Å². The van der Waals surface area contributed by atoms with Gasteiger partial charge in [-0.2, -0.15) is 0 Å². The number of rotatable bonds is 6. The minimum Gasteiger partial charge on any atom is -0.465 e. The van der Waals surface area contributed by atoms with E-state index in [-0.39, 0.29) is 24.5 Å². The summed E-state index contributed by atoms with van der Waals surface area (Å²) in [6.07, 6.45) is 2.23. The summed E-state index contributed by atoms with van der Waals surface area (Å²) in [5.74, 6) is -0.547. The molecule has 0 spiro atoms. The van der Waals surface area contributed by atoms with Crippen LogP contribution >= 0.6 is 43.2 Å². The molecule has 4 amide bonds. The number of amides is 4. The number of hydrogen-bond donors (Lipinski definition) is 2. The van der Waals surface area contributed by atoms with E-state index in [4.69, 9.17) is 0 Å². The third-order valence-corrected chi connectivity index (χ3v) is 12.7. The normalized spacial score (nSPS) is 24.6. The topological polar surface area (TPSA) is 99.7 Å². The number of piperazine rings is 1. The highest BCUT2D eigenvalue weighted by atomic mass is 79.9. The first-order chi connectivity index (χ1) is 21.2. The van der Waals surface area contributed by atoms with Crippen LogP contribution in [0.4, 0.5) is 15.3 Å². The van der Waals surface area contributed by atoms with Crippen LogP contribution in [-0.2, 0) is 17.8 Å². The summed E-state index contributed by atoms with van der Waals surface area (Å²) in [6.45, 7) is 6.40. The lowest BCUT2D eigenvalue weighted by atomic mass is 9.82. The second kappa shape index (κ2) is 13.7. The Labute approximate surface area is 279 Å². The number of anilines is 1. The van der Waals surface area contributed by atoms with Gasteiger partial charge in [0, 0.05) is 77.8 Å².